The van der Waals surface area contributed by atoms with E-state index in [2.05, 4.69) is 20.7 Å². The summed E-state index contributed by atoms with van der Waals surface area (Å²) in [4.78, 5) is 0. The molecule has 1 aromatic heterocycles. The van der Waals surface area contributed by atoms with Gasteiger partial charge in [0, 0.05) is 7.11 Å². The van der Waals surface area contributed by atoms with Crippen molar-refractivity contribution in [1.82, 2.24) is 4.72 Å². The van der Waals surface area contributed by atoms with Crippen LogP contribution < -0.4 is 4.72 Å². The van der Waals surface area contributed by atoms with Gasteiger partial charge in [0.2, 0.25) is 0 Å². The Morgan fingerprint density at radius 1 is 1.50 bits per heavy atom. The van der Waals surface area contributed by atoms with E-state index >= 15 is 0 Å². The molecule has 0 spiro atoms. The molecule has 0 radical (unpaired) electrons. The fourth-order valence-electron chi connectivity index (χ4n) is 1.25. The maximum atomic E-state index is 12.0. The number of nitrogens with one attached hydrogen (secondary N) is 1. The first-order valence-electron chi connectivity index (χ1n) is 4.55. The number of sulfonamides is 1. The first kappa shape index (κ1) is 14.1. The van der Waals surface area contributed by atoms with Gasteiger partial charge in [-0.2, -0.15) is 0 Å². The molecule has 1 rings (SSSR count). The van der Waals surface area contributed by atoms with Crippen LogP contribution in [0.2, 0.25) is 0 Å². The number of halogens is 1. The lowest BCUT2D eigenvalue weighted by atomic mass is 10.1. The third-order valence-corrected chi connectivity index (χ3v) is 5.54. The molecule has 1 N–H and O–H groups in total. The molecule has 0 saturated carbocycles. The van der Waals surface area contributed by atoms with E-state index in [9.17, 15) is 8.42 Å². The van der Waals surface area contributed by atoms with Crippen LogP contribution in [0.1, 0.15) is 13.8 Å². The Bertz CT molecular complexity index is 453. The van der Waals surface area contributed by atoms with Crippen LogP contribution in [-0.2, 0) is 14.8 Å². The average molecular weight is 328 g/mol. The van der Waals surface area contributed by atoms with Crippen LogP contribution in [0.3, 0.4) is 0 Å². The minimum Gasteiger partial charge on any atom is -0.383 e. The van der Waals surface area contributed by atoms with Crippen molar-refractivity contribution in [2.45, 2.75) is 23.6 Å². The number of hydrogen-bond donors (Lipinski definition) is 1. The summed E-state index contributed by atoms with van der Waals surface area (Å²) in [5.41, 5.74) is -0.621. The predicted molar refractivity (Wildman–Crippen MR) is 68.3 cm³/mol. The van der Waals surface area contributed by atoms with Crippen LogP contribution in [0.4, 0.5) is 0 Å². The van der Waals surface area contributed by atoms with Gasteiger partial charge in [-0.05, 0) is 41.9 Å². The zero-order valence-electron chi connectivity index (χ0n) is 9.28. The summed E-state index contributed by atoms with van der Waals surface area (Å²) < 4.78 is 32.6. The molecule has 0 amide bonds. The van der Waals surface area contributed by atoms with E-state index in [1.165, 1.54) is 18.4 Å². The zero-order chi connectivity index (χ0) is 12.4. The van der Waals surface area contributed by atoms with Gasteiger partial charge in [0.1, 0.15) is 4.21 Å². The Labute approximate surface area is 108 Å². The van der Waals surface area contributed by atoms with Crippen LogP contribution in [0.25, 0.3) is 0 Å². The first-order chi connectivity index (χ1) is 7.27. The molecule has 16 heavy (non-hydrogen) atoms. The Hall–Kier alpha value is 0.0500. The van der Waals surface area contributed by atoms with Crippen LogP contribution in [0, 0.1) is 0 Å². The molecule has 0 unspecified atom stereocenters. The summed E-state index contributed by atoms with van der Waals surface area (Å²) in [6, 6.07) is 3.28. The lowest BCUT2D eigenvalue weighted by Crippen LogP contribution is -2.46. The molecule has 0 aliphatic carbocycles. The molecule has 7 heteroatoms. The van der Waals surface area contributed by atoms with E-state index in [4.69, 9.17) is 4.74 Å². The normalized spacial score (nSPS) is 13.0. The molecule has 1 aromatic rings. The third-order valence-electron chi connectivity index (χ3n) is 1.73. The summed E-state index contributed by atoms with van der Waals surface area (Å²) in [7, 11) is -1.92. The molecular formula is C9H14BrNO3S2. The van der Waals surface area contributed by atoms with Gasteiger partial charge >= 0.3 is 0 Å². The van der Waals surface area contributed by atoms with Crippen LogP contribution in [0.5, 0.6) is 0 Å². The summed E-state index contributed by atoms with van der Waals surface area (Å²) >= 11 is 4.42. The standard InChI is InChI=1S/C9H14BrNO3S2/c1-9(2,6-14-3)11-16(12,13)8-5-4-7(10)15-8/h4-5,11H,6H2,1-3H3. The highest BCUT2D eigenvalue weighted by atomic mass is 79.9. The maximum Gasteiger partial charge on any atom is 0.250 e. The minimum absolute atomic E-state index is 0.295. The van der Waals surface area contributed by atoms with Crippen molar-refractivity contribution < 1.29 is 13.2 Å². The second-order valence-electron chi connectivity index (χ2n) is 3.98. The van der Waals surface area contributed by atoms with Gasteiger partial charge in [-0.3, -0.25) is 0 Å². The van der Waals surface area contributed by atoms with Crippen molar-refractivity contribution in [2.24, 2.45) is 0 Å². The van der Waals surface area contributed by atoms with Crippen LogP contribution in [-0.4, -0.2) is 27.7 Å². The van der Waals surface area contributed by atoms with E-state index < -0.39 is 15.6 Å². The fourth-order valence-corrected chi connectivity index (χ4v) is 4.65. The quantitative estimate of drug-likeness (QED) is 0.902. The van der Waals surface area contributed by atoms with Gasteiger partial charge in [-0.25, -0.2) is 13.1 Å². The number of rotatable bonds is 5. The molecule has 4 nitrogen and oxygen atoms in total. The SMILES string of the molecule is COCC(C)(C)NS(=O)(=O)c1ccc(Br)s1. The largest absolute Gasteiger partial charge is 0.383 e. The second-order valence-corrected chi connectivity index (χ2v) is 8.35. The molecule has 0 bridgehead atoms. The number of ether oxygens (including phenoxy) is 1. The average Bonchev–Trinajstić information content (AvgIpc) is 2.49. The van der Waals surface area contributed by atoms with Crippen LogP contribution >= 0.6 is 27.3 Å². The van der Waals surface area contributed by atoms with E-state index in [0.29, 0.717) is 10.8 Å². The summed E-state index contributed by atoms with van der Waals surface area (Å²) in [5.74, 6) is 0. The first-order valence-corrected chi connectivity index (χ1v) is 7.64. The predicted octanol–water partition coefficient (Wildman–Crippen LogP) is 2.21. The number of thiophene rings is 1. The topological polar surface area (TPSA) is 55.4 Å². The number of hydrogen-bond acceptors (Lipinski definition) is 4. The van der Waals surface area contributed by atoms with E-state index in [0.717, 1.165) is 3.79 Å². The van der Waals surface area contributed by atoms with Gasteiger partial charge in [0.15, 0.2) is 0 Å². The summed E-state index contributed by atoms with van der Waals surface area (Å²) in [6.45, 7) is 3.87. The summed E-state index contributed by atoms with van der Waals surface area (Å²) in [6.07, 6.45) is 0. The van der Waals surface area contributed by atoms with Crippen LogP contribution in [0.15, 0.2) is 20.1 Å². The molecule has 0 atom stereocenters. The second kappa shape index (κ2) is 5.14. The van der Waals surface area contributed by atoms with E-state index in [-0.39, 0.29) is 0 Å². The third kappa shape index (κ3) is 3.81. The highest BCUT2D eigenvalue weighted by molar-refractivity contribution is 9.11. The molecule has 0 aromatic carbocycles. The van der Waals surface area contributed by atoms with Crippen molar-refractivity contribution >= 4 is 37.3 Å². The highest BCUT2D eigenvalue weighted by Gasteiger charge is 2.27. The van der Waals surface area contributed by atoms with Gasteiger partial charge in [-0.15, -0.1) is 11.3 Å². The fraction of sp³-hybridized carbons (Fsp3) is 0.556. The monoisotopic (exact) mass is 327 g/mol. The Morgan fingerprint density at radius 3 is 2.56 bits per heavy atom. The molecular weight excluding hydrogens is 314 g/mol. The maximum absolute atomic E-state index is 12.0. The zero-order valence-corrected chi connectivity index (χ0v) is 12.5. The van der Waals surface area contributed by atoms with Crippen molar-refractivity contribution in [3.05, 3.63) is 15.9 Å². The molecule has 1 heterocycles. The van der Waals surface area contributed by atoms with Crippen molar-refractivity contribution in [3.63, 3.8) is 0 Å². The van der Waals surface area contributed by atoms with Gasteiger partial charge < -0.3 is 4.74 Å². The van der Waals surface area contributed by atoms with Crippen molar-refractivity contribution in [3.8, 4) is 0 Å². The Balaban J connectivity index is 2.88. The van der Waals surface area contributed by atoms with Crippen molar-refractivity contribution in [2.75, 3.05) is 13.7 Å². The molecule has 0 aliphatic heterocycles. The minimum atomic E-state index is -3.46. The van der Waals surface area contributed by atoms with Gasteiger partial charge in [0.05, 0.1) is 15.9 Å². The van der Waals surface area contributed by atoms with Gasteiger partial charge in [-0.1, -0.05) is 0 Å². The molecule has 0 fully saturated rings. The Kier molecular flexibility index (Phi) is 4.53. The lowest BCUT2D eigenvalue weighted by molar-refractivity contribution is 0.141. The summed E-state index contributed by atoms with van der Waals surface area (Å²) in [5, 5.41) is 0. The number of methoxy groups -OCH3 is 1. The Morgan fingerprint density at radius 2 is 2.12 bits per heavy atom. The van der Waals surface area contributed by atoms with Gasteiger partial charge in [0.25, 0.3) is 10.0 Å². The van der Waals surface area contributed by atoms with E-state index in [1.807, 2.05) is 0 Å². The molecule has 0 aliphatic rings. The molecule has 92 valence electrons. The van der Waals surface area contributed by atoms with Crippen molar-refractivity contribution in [1.29, 1.82) is 0 Å². The molecule has 0 saturated heterocycles. The van der Waals surface area contributed by atoms with E-state index in [1.54, 1.807) is 26.0 Å². The lowest BCUT2D eigenvalue weighted by Gasteiger charge is -2.24. The smallest absolute Gasteiger partial charge is 0.250 e. The highest BCUT2D eigenvalue weighted by Crippen LogP contribution is 2.26.